The van der Waals surface area contributed by atoms with Crippen molar-refractivity contribution in [2.45, 2.75) is 38.8 Å². The van der Waals surface area contributed by atoms with Crippen molar-refractivity contribution >= 4 is 30.9 Å². The lowest BCUT2D eigenvalue weighted by molar-refractivity contribution is 0.0415. The van der Waals surface area contributed by atoms with Crippen LogP contribution >= 0.6 is 22.6 Å². The van der Waals surface area contributed by atoms with E-state index in [4.69, 9.17) is 4.43 Å². The molecule has 0 heterocycles. The Kier molecular flexibility index (Phi) is 4.97. The number of aliphatic hydroxyl groups is 1. The maximum atomic E-state index is 10.2. The molecule has 0 fully saturated rings. The lowest BCUT2D eigenvalue weighted by Crippen LogP contribution is -2.34. The van der Waals surface area contributed by atoms with Gasteiger partial charge in [0, 0.05) is 3.57 Å². The molecule has 90 valence electrons. The first kappa shape index (κ1) is 14.1. The topological polar surface area (TPSA) is 29.5 Å². The molecule has 1 aromatic rings. The quantitative estimate of drug-likeness (QED) is 0.665. The Hall–Kier alpha value is 0.0869. The molecule has 0 aliphatic rings. The van der Waals surface area contributed by atoms with Crippen molar-refractivity contribution in [2.75, 3.05) is 0 Å². The zero-order chi connectivity index (χ0) is 12.3. The minimum atomic E-state index is -1.60. The normalized spacial score (nSPS) is 15.9. The molecule has 2 atom stereocenters. The van der Waals surface area contributed by atoms with Gasteiger partial charge in [-0.3, -0.25) is 0 Å². The molecule has 0 aliphatic carbocycles. The molecular formula is C12H19IO2Si. The third-order valence-corrected chi connectivity index (χ3v) is 4.27. The summed E-state index contributed by atoms with van der Waals surface area (Å²) in [4.78, 5) is 0. The average Bonchev–Trinajstić information content (AvgIpc) is 2.15. The summed E-state index contributed by atoms with van der Waals surface area (Å²) >= 11 is 2.24. The van der Waals surface area contributed by atoms with Crippen LogP contribution in [0.1, 0.15) is 18.6 Å². The van der Waals surface area contributed by atoms with Crippen molar-refractivity contribution in [3.8, 4) is 0 Å². The zero-order valence-electron chi connectivity index (χ0n) is 10.2. The first-order valence-corrected chi connectivity index (χ1v) is 9.90. The maximum absolute atomic E-state index is 10.2. The van der Waals surface area contributed by atoms with Crippen molar-refractivity contribution < 1.29 is 9.53 Å². The van der Waals surface area contributed by atoms with Crippen LogP contribution in [-0.2, 0) is 4.43 Å². The summed E-state index contributed by atoms with van der Waals surface area (Å²) in [6.07, 6.45) is -0.692. The fraction of sp³-hybridized carbons (Fsp3) is 0.500. The SMILES string of the molecule is C[C@H](O[Si](C)(C)C)[C@@H](O)c1ccccc1I. The molecule has 0 aliphatic heterocycles. The van der Waals surface area contributed by atoms with Gasteiger partial charge in [0.25, 0.3) is 0 Å². The molecule has 0 unspecified atom stereocenters. The molecule has 0 saturated carbocycles. The Morgan fingerprint density at radius 2 is 1.81 bits per heavy atom. The summed E-state index contributed by atoms with van der Waals surface area (Å²) in [6.45, 7) is 8.33. The van der Waals surface area contributed by atoms with Crippen molar-refractivity contribution in [2.24, 2.45) is 0 Å². The van der Waals surface area contributed by atoms with E-state index in [0.29, 0.717) is 0 Å². The van der Waals surface area contributed by atoms with Crippen LogP contribution in [0.2, 0.25) is 19.6 Å². The predicted octanol–water partition coefficient (Wildman–Crippen LogP) is 3.56. The molecule has 0 bridgehead atoms. The van der Waals surface area contributed by atoms with Gasteiger partial charge in [-0.1, -0.05) is 18.2 Å². The number of halogens is 1. The third-order valence-electron chi connectivity index (χ3n) is 2.21. The Morgan fingerprint density at radius 1 is 1.25 bits per heavy atom. The molecule has 2 nitrogen and oxygen atoms in total. The number of aliphatic hydroxyl groups excluding tert-OH is 1. The molecule has 0 saturated heterocycles. The lowest BCUT2D eigenvalue weighted by atomic mass is 10.1. The summed E-state index contributed by atoms with van der Waals surface area (Å²) in [5.41, 5.74) is 0.953. The summed E-state index contributed by atoms with van der Waals surface area (Å²) in [7, 11) is -1.60. The second-order valence-electron chi connectivity index (χ2n) is 4.90. The molecule has 1 aromatic carbocycles. The van der Waals surface area contributed by atoms with Crippen LogP contribution in [0.25, 0.3) is 0 Å². The third kappa shape index (κ3) is 4.16. The highest BCUT2D eigenvalue weighted by Crippen LogP contribution is 2.25. The van der Waals surface area contributed by atoms with Crippen LogP contribution in [0.5, 0.6) is 0 Å². The van der Waals surface area contributed by atoms with Crippen molar-refractivity contribution in [3.63, 3.8) is 0 Å². The Balaban J connectivity index is 2.78. The fourth-order valence-electron chi connectivity index (χ4n) is 1.59. The van der Waals surface area contributed by atoms with Crippen molar-refractivity contribution in [1.82, 2.24) is 0 Å². The molecule has 0 radical (unpaired) electrons. The van der Waals surface area contributed by atoms with E-state index in [-0.39, 0.29) is 6.10 Å². The van der Waals surface area contributed by atoms with Crippen LogP contribution in [0.4, 0.5) is 0 Å². The first-order chi connectivity index (χ1) is 7.31. The van der Waals surface area contributed by atoms with E-state index in [1.807, 2.05) is 31.2 Å². The maximum Gasteiger partial charge on any atom is 0.184 e. The fourth-order valence-corrected chi connectivity index (χ4v) is 3.54. The van der Waals surface area contributed by atoms with Crippen LogP contribution in [-0.4, -0.2) is 19.5 Å². The van der Waals surface area contributed by atoms with E-state index in [2.05, 4.69) is 42.2 Å². The molecule has 1 N–H and O–H groups in total. The highest BCUT2D eigenvalue weighted by atomic mass is 127. The number of rotatable bonds is 4. The minimum Gasteiger partial charge on any atom is -0.412 e. The Morgan fingerprint density at radius 3 is 2.31 bits per heavy atom. The van der Waals surface area contributed by atoms with Gasteiger partial charge in [-0.15, -0.1) is 0 Å². The van der Waals surface area contributed by atoms with Gasteiger partial charge >= 0.3 is 0 Å². The number of benzene rings is 1. The lowest BCUT2D eigenvalue weighted by Gasteiger charge is -2.27. The second kappa shape index (κ2) is 5.62. The monoisotopic (exact) mass is 350 g/mol. The molecule has 0 amide bonds. The summed E-state index contributed by atoms with van der Waals surface area (Å²) in [5.74, 6) is 0. The highest BCUT2D eigenvalue weighted by molar-refractivity contribution is 14.1. The number of hydrogen-bond donors (Lipinski definition) is 1. The standard InChI is InChI=1S/C12H19IO2Si/c1-9(15-16(2,3)4)12(14)10-7-5-6-8-11(10)13/h5-9,12,14H,1-4H3/t9-,12+/m0/s1. The average molecular weight is 350 g/mol. The van der Waals surface area contributed by atoms with E-state index in [9.17, 15) is 5.11 Å². The molecule has 4 heteroatoms. The van der Waals surface area contributed by atoms with Crippen LogP contribution in [0.3, 0.4) is 0 Å². The second-order valence-corrected chi connectivity index (χ2v) is 10.5. The summed E-state index contributed by atoms with van der Waals surface area (Å²) < 4.78 is 6.98. The van der Waals surface area contributed by atoms with E-state index in [1.54, 1.807) is 0 Å². The van der Waals surface area contributed by atoms with Gasteiger partial charge < -0.3 is 9.53 Å². The van der Waals surface area contributed by atoms with Crippen LogP contribution in [0.15, 0.2) is 24.3 Å². The summed E-state index contributed by atoms with van der Waals surface area (Å²) in [6, 6.07) is 7.88. The summed E-state index contributed by atoms with van der Waals surface area (Å²) in [5, 5.41) is 10.2. The molecule has 0 spiro atoms. The Labute approximate surface area is 112 Å². The van der Waals surface area contributed by atoms with Gasteiger partial charge in [0.1, 0.15) is 6.10 Å². The molecular weight excluding hydrogens is 331 g/mol. The molecule has 1 rings (SSSR count). The predicted molar refractivity (Wildman–Crippen MR) is 78.0 cm³/mol. The first-order valence-electron chi connectivity index (χ1n) is 5.41. The van der Waals surface area contributed by atoms with Gasteiger partial charge in [0.05, 0.1) is 6.10 Å². The highest BCUT2D eigenvalue weighted by Gasteiger charge is 2.25. The van der Waals surface area contributed by atoms with Gasteiger partial charge in [0.15, 0.2) is 8.32 Å². The molecule has 16 heavy (non-hydrogen) atoms. The number of hydrogen-bond acceptors (Lipinski definition) is 2. The van der Waals surface area contributed by atoms with Gasteiger partial charge in [0.2, 0.25) is 0 Å². The Bertz CT molecular complexity index is 349. The van der Waals surface area contributed by atoms with Crippen LogP contribution < -0.4 is 0 Å². The van der Waals surface area contributed by atoms with Gasteiger partial charge in [-0.25, -0.2) is 0 Å². The van der Waals surface area contributed by atoms with E-state index in [1.165, 1.54) is 0 Å². The zero-order valence-corrected chi connectivity index (χ0v) is 13.4. The van der Waals surface area contributed by atoms with Crippen molar-refractivity contribution in [1.29, 1.82) is 0 Å². The minimum absolute atomic E-state index is 0.150. The van der Waals surface area contributed by atoms with Gasteiger partial charge in [-0.05, 0) is 60.8 Å². The van der Waals surface area contributed by atoms with Crippen LogP contribution in [0, 0.1) is 3.57 Å². The van der Waals surface area contributed by atoms with E-state index in [0.717, 1.165) is 9.13 Å². The molecule has 0 aromatic heterocycles. The van der Waals surface area contributed by atoms with Gasteiger partial charge in [-0.2, -0.15) is 0 Å². The smallest absolute Gasteiger partial charge is 0.184 e. The largest absolute Gasteiger partial charge is 0.412 e. The van der Waals surface area contributed by atoms with Crippen molar-refractivity contribution in [3.05, 3.63) is 33.4 Å². The van der Waals surface area contributed by atoms with E-state index >= 15 is 0 Å². The van der Waals surface area contributed by atoms with E-state index < -0.39 is 14.4 Å².